The summed E-state index contributed by atoms with van der Waals surface area (Å²) in [6.07, 6.45) is 8.36. The fraction of sp³-hybridized carbons (Fsp3) is 0.286. The Kier molecular flexibility index (Phi) is 4.21. The van der Waals surface area contributed by atoms with Crippen molar-refractivity contribution in [3.8, 4) is 0 Å². The Balaban J connectivity index is 0.00000128. The van der Waals surface area contributed by atoms with Crippen LogP contribution < -0.4 is 24.6 Å². The van der Waals surface area contributed by atoms with E-state index in [1.807, 2.05) is 19.1 Å². The molecule has 1 aliphatic rings. The first-order chi connectivity index (χ1) is 7.12. The minimum atomic E-state index is -0.418. The molecule has 1 atom stereocenters. The third kappa shape index (κ3) is 2.33. The average Bonchev–Trinajstić information content (AvgIpc) is 2.71. The van der Waals surface area contributed by atoms with Crippen molar-refractivity contribution in [2.45, 2.75) is 25.8 Å². The molecule has 78 valence electrons. The molecule has 0 fully saturated rings. The quantitative estimate of drug-likeness (QED) is 0.528. The number of rotatable bonds is 2. The number of hydrogen-bond acceptors (Lipinski definition) is 1. The SMILES string of the molecule is Cc1ccccc1C(C)(N)C1=[C-]CC=C1.[Li+]. The summed E-state index contributed by atoms with van der Waals surface area (Å²) in [6, 6.07) is 8.26. The molecule has 1 aliphatic carbocycles. The predicted octanol–water partition coefficient (Wildman–Crippen LogP) is -0.138. The van der Waals surface area contributed by atoms with Crippen molar-refractivity contribution in [3.05, 3.63) is 59.2 Å². The molecular weight excluding hydrogens is 189 g/mol. The van der Waals surface area contributed by atoms with E-state index in [0.29, 0.717) is 0 Å². The van der Waals surface area contributed by atoms with Gasteiger partial charge in [0.2, 0.25) is 0 Å². The molecule has 0 spiro atoms. The fourth-order valence-electron chi connectivity index (χ4n) is 2.06. The van der Waals surface area contributed by atoms with E-state index in [1.54, 1.807) is 0 Å². The molecule has 0 amide bonds. The van der Waals surface area contributed by atoms with Gasteiger partial charge in [-0.15, -0.1) is 6.42 Å². The number of allylic oxidation sites excluding steroid dienone is 2. The van der Waals surface area contributed by atoms with Crippen molar-refractivity contribution in [2.75, 3.05) is 0 Å². The smallest absolute Gasteiger partial charge is 0.320 e. The molecule has 1 aromatic rings. The Morgan fingerprint density at radius 1 is 1.31 bits per heavy atom. The van der Waals surface area contributed by atoms with Crippen molar-refractivity contribution in [3.63, 3.8) is 0 Å². The Morgan fingerprint density at radius 3 is 2.56 bits per heavy atom. The van der Waals surface area contributed by atoms with Gasteiger partial charge in [-0.1, -0.05) is 24.3 Å². The zero-order chi connectivity index (χ0) is 10.9. The van der Waals surface area contributed by atoms with E-state index in [1.165, 1.54) is 11.1 Å². The third-order valence-corrected chi connectivity index (χ3v) is 2.96. The molecule has 0 aromatic heterocycles. The maximum absolute atomic E-state index is 6.39. The van der Waals surface area contributed by atoms with Gasteiger partial charge < -0.3 is 5.73 Å². The summed E-state index contributed by atoms with van der Waals surface area (Å²) in [5.41, 5.74) is 9.48. The first-order valence-corrected chi connectivity index (χ1v) is 5.25. The monoisotopic (exact) mass is 205 g/mol. The van der Waals surface area contributed by atoms with Crippen LogP contribution in [0.25, 0.3) is 0 Å². The standard InChI is InChI=1S/C14H16N.Li/c1-11-7-3-6-10-13(11)14(2,15)12-8-4-5-9-12;/h3-4,6-8,10H,5,15H2,1-2H3;/q-1;+1. The van der Waals surface area contributed by atoms with Gasteiger partial charge in [-0.25, -0.2) is 6.08 Å². The Hall–Kier alpha value is -0.743. The second-order valence-electron chi connectivity index (χ2n) is 4.21. The first kappa shape index (κ1) is 13.3. The van der Waals surface area contributed by atoms with Crippen molar-refractivity contribution in [2.24, 2.45) is 5.73 Å². The van der Waals surface area contributed by atoms with Crippen LogP contribution in [-0.4, -0.2) is 0 Å². The summed E-state index contributed by atoms with van der Waals surface area (Å²) in [6.45, 7) is 4.15. The van der Waals surface area contributed by atoms with Crippen LogP contribution in [0, 0.1) is 13.0 Å². The largest absolute Gasteiger partial charge is 1.00 e. The summed E-state index contributed by atoms with van der Waals surface area (Å²) in [7, 11) is 0. The summed E-state index contributed by atoms with van der Waals surface area (Å²) < 4.78 is 0. The minimum Gasteiger partial charge on any atom is -0.320 e. The van der Waals surface area contributed by atoms with Crippen LogP contribution in [-0.2, 0) is 5.54 Å². The van der Waals surface area contributed by atoms with Crippen molar-refractivity contribution < 1.29 is 18.9 Å². The number of hydrogen-bond donors (Lipinski definition) is 1. The molecule has 1 unspecified atom stereocenters. The molecule has 2 heteroatoms. The van der Waals surface area contributed by atoms with E-state index in [0.717, 1.165) is 12.0 Å². The van der Waals surface area contributed by atoms with Crippen molar-refractivity contribution in [1.82, 2.24) is 0 Å². The van der Waals surface area contributed by atoms with Gasteiger partial charge in [0, 0.05) is 5.54 Å². The summed E-state index contributed by atoms with van der Waals surface area (Å²) in [4.78, 5) is 0. The van der Waals surface area contributed by atoms with Gasteiger partial charge in [0.15, 0.2) is 0 Å². The van der Waals surface area contributed by atoms with Crippen LogP contribution in [0.2, 0.25) is 0 Å². The van der Waals surface area contributed by atoms with Crippen LogP contribution in [0.3, 0.4) is 0 Å². The molecule has 16 heavy (non-hydrogen) atoms. The third-order valence-electron chi connectivity index (χ3n) is 2.96. The summed E-state index contributed by atoms with van der Waals surface area (Å²) in [5, 5.41) is 0. The Bertz CT molecular complexity index is 430. The van der Waals surface area contributed by atoms with E-state index < -0.39 is 5.54 Å². The molecule has 0 heterocycles. The molecule has 2 rings (SSSR count). The second kappa shape index (κ2) is 5.06. The Morgan fingerprint density at radius 2 is 2.00 bits per heavy atom. The maximum Gasteiger partial charge on any atom is 1.00 e. The normalized spacial score (nSPS) is 17.6. The zero-order valence-electron chi connectivity index (χ0n) is 10.2. The molecule has 2 N–H and O–H groups in total. The molecular formula is C14H16LiN. The van der Waals surface area contributed by atoms with Crippen LogP contribution in [0.15, 0.2) is 42.0 Å². The van der Waals surface area contributed by atoms with E-state index in [2.05, 4.69) is 37.3 Å². The topological polar surface area (TPSA) is 26.0 Å². The van der Waals surface area contributed by atoms with Crippen LogP contribution in [0.4, 0.5) is 0 Å². The second-order valence-corrected chi connectivity index (χ2v) is 4.21. The molecule has 0 bridgehead atoms. The van der Waals surface area contributed by atoms with Gasteiger partial charge in [0.25, 0.3) is 0 Å². The van der Waals surface area contributed by atoms with Crippen LogP contribution >= 0.6 is 0 Å². The maximum atomic E-state index is 6.39. The zero-order valence-corrected chi connectivity index (χ0v) is 10.2. The number of benzene rings is 1. The van der Waals surface area contributed by atoms with E-state index in [-0.39, 0.29) is 18.9 Å². The van der Waals surface area contributed by atoms with Crippen LogP contribution in [0.5, 0.6) is 0 Å². The fourth-order valence-corrected chi connectivity index (χ4v) is 2.06. The van der Waals surface area contributed by atoms with E-state index in [4.69, 9.17) is 5.73 Å². The average molecular weight is 205 g/mol. The number of nitrogens with two attached hydrogens (primary N) is 1. The first-order valence-electron chi connectivity index (χ1n) is 5.25. The molecule has 0 saturated heterocycles. The van der Waals surface area contributed by atoms with Gasteiger partial charge in [-0.3, -0.25) is 6.08 Å². The van der Waals surface area contributed by atoms with Gasteiger partial charge in [0.1, 0.15) is 0 Å². The summed E-state index contributed by atoms with van der Waals surface area (Å²) >= 11 is 0. The van der Waals surface area contributed by atoms with Gasteiger partial charge >= 0.3 is 18.9 Å². The Labute approximate surface area is 110 Å². The van der Waals surface area contributed by atoms with Crippen LogP contribution in [0.1, 0.15) is 24.5 Å². The molecule has 1 aromatic carbocycles. The van der Waals surface area contributed by atoms with E-state index >= 15 is 0 Å². The van der Waals surface area contributed by atoms with Gasteiger partial charge in [-0.2, -0.15) is 11.6 Å². The van der Waals surface area contributed by atoms with Gasteiger partial charge in [-0.05, 0) is 25.0 Å². The number of aryl methyl sites for hydroxylation is 1. The molecule has 1 nitrogen and oxygen atoms in total. The molecule has 0 radical (unpaired) electrons. The van der Waals surface area contributed by atoms with Gasteiger partial charge in [0.05, 0.1) is 0 Å². The van der Waals surface area contributed by atoms with Crippen molar-refractivity contribution in [1.29, 1.82) is 0 Å². The molecule has 0 aliphatic heterocycles. The predicted molar refractivity (Wildman–Crippen MR) is 63.2 cm³/mol. The summed E-state index contributed by atoms with van der Waals surface area (Å²) in [5.74, 6) is 0. The molecule has 0 saturated carbocycles. The van der Waals surface area contributed by atoms with Crippen molar-refractivity contribution >= 4 is 0 Å². The minimum absolute atomic E-state index is 0. The van der Waals surface area contributed by atoms with E-state index in [9.17, 15) is 0 Å².